The lowest BCUT2D eigenvalue weighted by Gasteiger charge is -2.33. The molecule has 0 saturated carbocycles. The van der Waals surface area contributed by atoms with Crippen LogP contribution in [0, 0.1) is 5.92 Å². The SMILES string of the molecule is CC(=O)NCC1CCN(C(=O)c2cccnc2N2CCCC2)CC1. The standard InChI is InChI=1S/C18H26N4O2/c1-14(23)20-13-15-6-11-22(12-7-15)18(24)16-5-4-8-19-17(16)21-9-2-3-10-21/h4-5,8,15H,2-3,6-7,9-13H2,1H3,(H,20,23). The van der Waals surface area contributed by atoms with Gasteiger partial charge in [-0.1, -0.05) is 0 Å². The second-order valence-electron chi connectivity index (χ2n) is 6.74. The molecule has 0 bridgehead atoms. The number of hydrogen-bond donors (Lipinski definition) is 1. The first-order valence-corrected chi connectivity index (χ1v) is 8.89. The van der Waals surface area contributed by atoms with Crippen LogP contribution in [0.15, 0.2) is 18.3 Å². The number of rotatable bonds is 4. The van der Waals surface area contributed by atoms with Crippen LogP contribution in [0.5, 0.6) is 0 Å². The Kier molecular flexibility index (Phi) is 5.33. The molecule has 0 spiro atoms. The van der Waals surface area contributed by atoms with E-state index in [1.54, 1.807) is 13.1 Å². The van der Waals surface area contributed by atoms with Gasteiger partial charge in [-0.15, -0.1) is 0 Å². The van der Waals surface area contributed by atoms with Crippen molar-refractivity contribution in [1.29, 1.82) is 0 Å². The molecule has 1 N–H and O–H groups in total. The number of nitrogens with zero attached hydrogens (tertiary/aromatic N) is 3. The minimum absolute atomic E-state index is 0.0131. The summed E-state index contributed by atoms with van der Waals surface area (Å²) >= 11 is 0. The second kappa shape index (κ2) is 7.64. The van der Waals surface area contributed by atoms with Crippen molar-refractivity contribution in [1.82, 2.24) is 15.2 Å². The highest BCUT2D eigenvalue weighted by Gasteiger charge is 2.27. The minimum Gasteiger partial charge on any atom is -0.356 e. The topological polar surface area (TPSA) is 65.5 Å². The monoisotopic (exact) mass is 330 g/mol. The Morgan fingerprint density at radius 2 is 1.92 bits per heavy atom. The van der Waals surface area contributed by atoms with Crippen molar-refractivity contribution in [2.45, 2.75) is 32.6 Å². The van der Waals surface area contributed by atoms with Crippen LogP contribution in [0.25, 0.3) is 0 Å². The van der Waals surface area contributed by atoms with Gasteiger partial charge in [0.05, 0.1) is 5.56 Å². The molecule has 3 rings (SSSR count). The van der Waals surface area contributed by atoms with Crippen molar-refractivity contribution in [3.05, 3.63) is 23.9 Å². The maximum Gasteiger partial charge on any atom is 0.257 e. The maximum atomic E-state index is 12.9. The molecule has 2 saturated heterocycles. The Bertz CT molecular complexity index is 590. The van der Waals surface area contributed by atoms with Crippen molar-refractivity contribution in [2.24, 2.45) is 5.92 Å². The average Bonchev–Trinajstić information content (AvgIpc) is 3.14. The molecular formula is C18H26N4O2. The summed E-state index contributed by atoms with van der Waals surface area (Å²) in [5.74, 6) is 1.40. The molecular weight excluding hydrogens is 304 g/mol. The van der Waals surface area contributed by atoms with Crippen molar-refractivity contribution in [3.63, 3.8) is 0 Å². The second-order valence-corrected chi connectivity index (χ2v) is 6.74. The summed E-state index contributed by atoms with van der Waals surface area (Å²) in [6.07, 6.45) is 5.97. The van der Waals surface area contributed by atoms with E-state index in [0.29, 0.717) is 12.5 Å². The van der Waals surface area contributed by atoms with Crippen LogP contribution < -0.4 is 10.2 Å². The minimum atomic E-state index is 0.0131. The van der Waals surface area contributed by atoms with Gasteiger partial charge in [0.25, 0.3) is 5.91 Å². The van der Waals surface area contributed by atoms with E-state index in [1.807, 2.05) is 17.0 Å². The molecule has 2 aliphatic rings. The summed E-state index contributed by atoms with van der Waals surface area (Å²) < 4.78 is 0. The van der Waals surface area contributed by atoms with E-state index >= 15 is 0 Å². The highest BCUT2D eigenvalue weighted by molar-refractivity contribution is 5.99. The van der Waals surface area contributed by atoms with Crippen LogP contribution >= 0.6 is 0 Å². The van der Waals surface area contributed by atoms with Gasteiger partial charge in [-0.2, -0.15) is 0 Å². The molecule has 6 nitrogen and oxygen atoms in total. The fraction of sp³-hybridized carbons (Fsp3) is 0.611. The molecule has 2 fully saturated rings. The molecule has 130 valence electrons. The van der Waals surface area contributed by atoms with Crippen molar-refractivity contribution in [2.75, 3.05) is 37.6 Å². The van der Waals surface area contributed by atoms with E-state index in [0.717, 1.165) is 50.4 Å². The number of anilines is 1. The lowest BCUT2D eigenvalue weighted by atomic mass is 9.96. The van der Waals surface area contributed by atoms with E-state index in [-0.39, 0.29) is 11.8 Å². The average molecular weight is 330 g/mol. The van der Waals surface area contributed by atoms with Gasteiger partial charge in [-0.25, -0.2) is 4.98 Å². The summed E-state index contributed by atoms with van der Waals surface area (Å²) in [5.41, 5.74) is 0.722. The van der Waals surface area contributed by atoms with E-state index in [4.69, 9.17) is 0 Å². The fourth-order valence-corrected chi connectivity index (χ4v) is 3.54. The van der Waals surface area contributed by atoms with E-state index < -0.39 is 0 Å². The zero-order valence-corrected chi connectivity index (χ0v) is 14.3. The van der Waals surface area contributed by atoms with Crippen LogP contribution in [0.4, 0.5) is 5.82 Å². The van der Waals surface area contributed by atoms with Crippen LogP contribution in [-0.4, -0.2) is 54.4 Å². The van der Waals surface area contributed by atoms with Gasteiger partial charge in [0, 0.05) is 45.8 Å². The Balaban J connectivity index is 1.62. The Hall–Kier alpha value is -2.11. The molecule has 1 aromatic heterocycles. The highest BCUT2D eigenvalue weighted by Crippen LogP contribution is 2.25. The van der Waals surface area contributed by atoms with Gasteiger partial charge in [0.2, 0.25) is 5.91 Å². The third-order valence-electron chi connectivity index (χ3n) is 4.96. The number of amides is 2. The number of aromatic nitrogens is 1. The van der Waals surface area contributed by atoms with Crippen LogP contribution in [0.2, 0.25) is 0 Å². The Morgan fingerprint density at radius 1 is 1.21 bits per heavy atom. The van der Waals surface area contributed by atoms with Gasteiger partial charge < -0.3 is 15.1 Å². The Morgan fingerprint density at radius 3 is 2.58 bits per heavy atom. The van der Waals surface area contributed by atoms with Gasteiger partial charge >= 0.3 is 0 Å². The molecule has 0 unspecified atom stereocenters. The number of likely N-dealkylation sites (tertiary alicyclic amines) is 1. The Labute approximate surface area is 143 Å². The molecule has 6 heteroatoms. The first-order chi connectivity index (χ1) is 11.6. The molecule has 2 aliphatic heterocycles. The van der Waals surface area contributed by atoms with Gasteiger partial charge in [0.15, 0.2) is 0 Å². The molecule has 0 aliphatic carbocycles. The summed E-state index contributed by atoms with van der Waals surface area (Å²) in [4.78, 5) is 32.6. The van der Waals surface area contributed by atoms with Crippen molar-refractivity contribution in [3.8, 4) is 0 Å². The number of piperidine rings is 1. The molecule has 2 amide bonds. The molecule has 0 aromatic carbocycles. The van der Waals surface area contributed by atoms with Crippen LogP contribution in [0.3, 0.4) is 0 Å². The predicted octanol–water partition coefficient (Wildman–Crippen LogP) is 1.67. The summed E-state index contributed by atoms with van der Waals surface area (Å²) in [6.45, 7) is 5.71. The summed E-state index contributed by atoms with van der Waals surface area (Å²) in [6, 6.07) is 3.74. The zero-order chi connectivity index (χ0) is 16.9. The first-order valence-electron chi connectivity index (χ1n) is 8.89. The normalized spacial score (nSPS) is 18.7. The lowest BCUT2D eigenvalue weighted by Crippen LogP contribution is -2.41. The third-order valence-corrected chi connectivity index (χ3v) is 4.96. The number of carbonyl (C=O) groups excluding carboxylic acids is 2. The van der Waals surface area contributed by atoms with Crippen LogP contribution in [0.1, 0.15) is 43.0 Å². The number of hydrogen-bond acceptors (Lipinski definition) is 4. The molecule has 3 heterocycles. The van der Waals surface area contributed by atoms with Crippen LogP contribution in [-0.2, 0) is 4.79 Å². The number of nitrogens with one attached hydrogen (secondary N) is 1. The highest BCUT2D eigenvalue weighted by atomic mass is 16.2. The number of carbonyl (C=O) groups is 2. The van der Waals surface area contributed by atoms with E-state index in [2.05, 4.69) is 15.2 Å². The predicted molar refractivity (Wildman–Crippen MR) is 93.0 cm³/mol. The maximum absolute atomic E-state index is 12.9. The number of pyridine rings is 1. The lowest BCUT2D eigenvalue weighted by molar-refractivity contribution is -0.119. The van der Waals surface area contributed by atoms with E-state index in [9.17, 15) is 9.59 Å². The molecule has 0 radical (unpaired) electrons. The van der Waals surface area contributed by atoms with E-state index in [1.165, 1.54) is 12.8 Å². The largest absolute Gasteiger partial charge is 0.356 e. The quantitative estimate of drug-likeness (QED) is 0.912. The molecule has 24 heavy (non-hydrogen) atoms. The van der Waals surface area contributed by atoms with Crippen molar-refractivity contribution >= 4 is 17.6 Å². The first kappa shape index (κ1) is 16.7. The zero-order valence-electron chi connectivity index (χ0n) is 14.3. The van der Waals surface area contributed by atoms with Crippen molar-refractivity contribution < 1.29 is 9.59 Å². The van der Waals surface area contributed by atoms with Gasteiger partial charge in [-0.3, -0.25) is 9.59 Å². The van der Waals surface area contributed by atoms with Gasteiger partial charge in [-0.05, 0) is 43.7 Å². The van der Waals surface area contributed by atoms with Gasteiger partial charge in [0.1, 0.15) is 5.82 Å². The third kappa shape index (κ3) is 3.86. The fourth-order valence-electron chi connectivity index (χ4n) is 3.54. The summed E-state index contributed by atoms with van der Waals surface area (Å²) in [7, 11) is 0. The smallest absolute Gasteiger partial charge is 0.257 e. The molecule has 1 aromatic rings. The summed E-state index contributed by atoms with van der Waals surface area (Å²) in [5, 5.41) is 2.88. The molecule has 0 atom stereocenters.